The molecule has 0 aliphatic rings. The first kappa shape index (κ1) is 22.2. The maximum Gasteiger partial charge on any atom is 0.240 e. The average molecular weight is 465 g/mol. The van der Waals surface area contributed by atoms with Gasteiger partial charge in [-0.1, -0.05) is 35.6 Å². The molecule has 2 aromatic heterocycles. The Labute approximate surface area is 193 Å². The lowest BCUT2D eigenvalue weighted by atomic mass is 10.1. The van der Waals surface area contributed by atoms with Crippen LogP contribution in [0.4, 0.5) is 21.0 Å². The molecule has 33 heavy (non-hydrogen) atoms. The summed E-state index contributed by atoms with van der Waals surface area (Å²) in [4.78, 5) is 31.1. The van der Waals surface area contributed by atoms with E-state index in [1.54, 1.807) is 29.9 Å². The zero-order valence-electron chi connectivity index (χ0n) is 17.7. The third-order valence-electron chi connectivity index (χ3n) is 5.08. The smallest absolute Gasteiger partial charge is 0.240 e. The molecule has 0 aliphatic carbocycles. The van der Waals surface area contributed by atoms with Gasteiger partial charge in [0.15, 0.2) is 5.13 Å². The van der Waals surface area contributed by atoms with Crippen LogP contribution in [0.2, 0.25) is 0 Å². The maximum absolute atomic E-state index is 13.4. The summed E-state index contributed by atoms with van der Waals surface area (Å²) in [6, 6.07) is 13.8. The second-order valence-electron chi connectivity index (χ2n) is 7.37. The number of nitrogens with zero attached hydrogens (tertiary/aromatic N) is 4. The molecule has 0 bridgehead atoms. The van der Waals surface area contributed by atoms with Crippen LogP contribution in [0, 0.1) is 5.82 Å². The number of carbonyl (C=O) groups is 2. The number of amides is 1. The minimum absolute atomic E-state index is 0.0457. The molecule has 0 spiro atoms. The lowest BCUT2D eigenvalue weighted by molar-refractivity contribution is -0.118. The number of benzene rings is 2. The van der Waals surface area contributed by atoms with Crippen LogP contribution in [-0.4, -0.2) is 32.5 Å². The molecule has 10 heteroatoms. The number of anilines is 3. The van der Waals surface area contributed by atoms with Crippen LogP contribution in [0.1, 0.15) is 27.7 Å². The van der Waals surface area contributed by atoms with E-state index < -0.39 is 17.8 Å². The second kappa shape index (κ2) is 9.21. The number of primary amides is 1. The minimum atomic E-state index is -0.800. The van der Waals surface area contributed by atoms with E-state index in [2.05, 4.69) is 10.1 Å². The summed E-state index contributed by atoms with van der Waals surface area (Å²) in [5.74, 6) is -1.26. The van der Waals surface area contributed by atoms with Gasteiger partial charge in [-0.3, -0.25) is 14.3 Å². The van der Waals surface area contributed by atoms with E-state index in [1.165, 1.54) is 29.2 Å². The van der Waals surface area contributed by atoms with Gasteiger partial charge in [0, 0.05) is 23.6 Å². The number of hydrogen-bond acceptors (Lipinski definition) is 7. The minimum Gasteiger partial charge on any atom is -0.382 e. The molecule has 8 nitrogen and oxygen atoms in total. The van der Waals surface area contributed by atoms with Gasteiger partial charge >= 0.3 is 0 Å². The standard InChI is InChI=1S/C23H21FN6O2S/c1-14(22(26)32)30(18-9-7-17(24)8-10-18)23-28-21(25)20(33-23)19(31)16-5-3-15(4-6-16)13-29-12-2-11-27-29/h2-12,14H,13,25H2,1H3,(H2,26,32)/t14-/m1/s1. The topological polar surface area (TPSA) is 120 Å². The van der Waals surface area contributed by atoms with Gasteiger partial charge in [0.1, 0.15) is 22.6 Å². The Kier molecular flexibility index (Phi) is 6.18. The monoisotopic (exact) mass is 464 g/mol. The van der Waals surface area contributed by atoms with Crippen molar-refractivity contribution in [1.29, 1.82) is 0 Å². The number of rotatable bonds is 8. The largest absolute Gasteiger partial charge is 0.382 e. The Morgan fingerprint density at radius 2 is 1.85 bits per heavy atom. The van der Waals surface area contributed by atoms with Crippen LogP contribution in [0.25, 0.3) is 0 Å². The van der Waals surface area contributed by atoms with Crippen LogP contribution < -0.4 is 16.4 Å². The Morgan fingerprint density at radius 1 is 1.15 bits per heavy atom. The summed E-state index contributed by atoms with van der Waals surface area (Å²) in [5.41, 5.74) is 13.5. The summed E-state index contributed by atoms with van der Waals surface area (Å²) < 4.78 is 15.2. The van der Waals surface area contributed by atoms with Gasteiger partial charge in [-0.25, -0.2) is 9.37 Å². The first-order chi connectivity index (χ1) is 15.8. The van der Waals surface area contributed by atoms with Gasteiger partial charge in [-0.2, -0.15) is 5.10 Å². The fourth-order valence-corrected chi connectivity index (χ4v) is 4.34. The molecule has 4 rings (SSSR count). The van der Waals surface area contributed by atoms with Crippen LogP contribution in [0.5, 0.6) is 0 Å². The van der Waals surface area contributed by atoms with Crippen molar-refractivity contribution in [3.8, 4) is 0 Å². The van der Waals surface area contributed by atoms with E-state index in [-0.39, 0.29) is 16.5 Å². The molecule has 2 heterocycles. The van der Waals surface area contributed by atoms with Gasteiger partial charge < -0.3 is 16.4 Å². The number of nitrogens with two attached hydrogens (primary N) is 2. The molecule has 0 fully saturated rings. The summed E-state index contributed by atoms with van der Waals surface area (Å²) in [5, 5.41) is 4.48. The first-order valence-corrected chi connectivity index (χ1v) is 10.9. The van der Waals surface area contributed by atoms with Crippen LogP contribution >= 0.6 is 11.3 Å². The molecule has 168 valence electrons. The van der Waals surface area contributed by atoms with Gasteiger partial charge in [-0.15, -0.1) is 0 Å². The Bertz CT molecular complexity index is 1270. The number of hydrogen-bond donors (Lipinski definition) is 2. The predicted molar refractivity (Wildman–Crippen MR) is 125 cm³/mol. The van der Waals surface area contributed by atoms with Crippen molar-refractivity contribution in [2.75, 3.05) is 10.6 Å². The molecule has 4 aromatic rings. The SMILES string of the molecule is C[C@H](C(N)=O)N(c1ccc(F)cc1)c1nc(N)c(C(=O)c2ccc(Cn3cccn3)cc2)s1. The zero-order chi connectivity index (χ0) is 23.5. The van der Waals surface area contributed by atoms with E-state index in [0.717, 1.165) is 16.9 Å². The predicted octanol–water partition coefficient (Wildman–Crippen LogP) is 3.35. The van der Waals surface area contributed by atoms with E-state index >= 15 is 0 Å². The number of carbonyl (C=O) groups excluding carboxylic acids is 2. The van der Waals surface area contributed by atoms with Crippen molar-refractivity contribution in [1.82, 2.24) is 14.8 Å². The van der Waals surface area contributed by atoms with Crippen molar-refractivity contribution in [2.45, 2.75) is 19.5 Å². The Balaban J connectivity index is 1.62. The molecule has 4 N–H and O–H groups in total. The zero-order valence-corrected chi connectivity index (χ0v) is 18.5. The molecular weight excluding hydrogens is 443 g/mol. The van der Waals surface area contributed by atoms with E-state index in [4.69, 9.17) is 11.5 Å². The van der Waals surface area contributed by atoms with Crippen molar-refractivity contribution < 1.29 is 14.0 Å². The van der Waals surface area contributed by atoms with Gasteiger partial charge in [0.2, 0.25) is 11.7 Å². The normalized spacial score (nSPS) is 11.8. The van der Waals surface area contributed by atoms with E-state index in [0.29, 0.717) is 22.9 Å². The molecule has 2 aromatic carbocycles. The van der Waals surface area contributed by atoms with Crippen molar-refractivity contribution in [2.24, 2.45) is 5.73 Å². The molecule has 0 radical (unpaired) electrons. The first-order valence-electron chi connectivity index (χ1n) is 10.0. The lowest BCUT2D eigenvalue weighted by Crippen LogP contribution is -2.39. The molecule has 1 atom stereocenters. The summed E-state index contributed by atoms with van der Waals surface area (Å²) in [7, 11) is 0. The van der Waals surface area contributed by atoms with Crippen LogP contribution in [0.3, 0.4) is 0 Å². The summed E-state index contributed by atoms with van der Waals surface area (Å²) in [6.45, 7) is 2.19. The van der Waals surface area contributed by atoms with Gasteiger partial charge in [0.05, 0.1) is 6.54 Å². The molecular formula is C23H21FN6O2S. The highest BCUT2D eigenvalue weighted by Gasteiger charge is 2.27. The highest BCUT2D eigenvalue weighted by Crippen LogP contribution is 2.36. The molecule has 0 saturated carbocycles. The van der Waals surface area contributed by atoms with Crippen LogP contribution in [-0.2, 0) is 11.3 Å². The fraction of sp³-hybridized carbons (Fsp3) is 0.130. The summed E-state index contributed by atoms with van der Waals surface area (Å²) in [6.07, 6.45) is 3.56. The Hall–Kier alpha value is -4.05. The number of thiazole rings is 1. The van der Waals surface area contributed by atoms with E-state index in [9.17, 15) is 14.0 Å². The van der Waals surface area contributed by atoms with Crippen molar-refractivity contribution in [3.05, 3.63) is 88.8 Å². The number of halogens is 1. The molecule has 0 saturated heterocycles. The van der Waals surface area contributed by atoms with Crippen LogP contribution in [0.15, 0.2) is 67.0 Å². The number of aromatic nitrogens is 3. The molecule has 0 aliphatic heterocycles. The third kappa shape index (κ3) is 4.75. The van der Waals surface area contributed by atoms with Gasteiger partial charge in [0.25, 0.3) is 0 Å². The van der Waals surface area contributed by atoms with Crippen molar-refractivity contribution >= 4 is 39.7 Å². The van der Waals surface area contributed by atoms with Crippen molar-refractivity contribution in [3.63, 3.8) is 0 Å². The Morgan fingerprint density at radius 3 is 2.45 bits per heavy atom. The molecule has 0 unspecified atom stereocenters. The fourth-order valence-electron chi connectivity index (χ4n) is 3.29. The summed E-state index contributed by atoms with van der Waals surface area (Å²) >= 11 is 1.05. The third-order valence-corrected chi connectivity index (χ3v) is 6.15. The average Bonchev–Trinajstić information content (AvgIpc) is 3.45. The molecule has 1 amide bonds. The maximum atomic E-state index is 13.4. The quantitative estimate of drug-likeness (QED) is 0.386. The number of ketones is 1. The second-order valence-corrected chi connectivity index (χ2v) is 8.34. The lowest BCUT2D eigenvalue weighted by Gasteiger charge is -2.26. The van der Waals surface area contributed by atoms with E-state index in [1.807, 2.05) is 24.4 Å². The highest BCUT2D eigenvalue weighted by atomic mass is 32.1. The van der Waals surface area contributed by atoms with Gasteiger partial charge in [-0.05, 0) is 42.8 Å². The number of nitrogen functional groups attached to an aromatic ring is 1. The highest BCUT2D eigenvalue weighted by molar-refractivity contribution is 7.18.